The van der Waals surface area contributed by atoms with Crippen LogP contribution in [0.2, 0.25) is 0 Å². The average Bonchev–Trinajstić information content (AvgIpc) is 2.81. The number of hydrogen-bond acceptors (Lipinski definition) is 2. The number of carbonyl (C=O) groups excluding carboxylic acids is 2. The molecule has 4 nitrogen and oxygen atoms in total. The highest BCUT2D eigenvalue weighted by atomic mass is 16.2. The second-order valence-electron chi connectivity index (χ2n) is 7.87. The lowest BCUT2D eigenvalue weighted by Gasteiger charge is -2.32. The predicted octanol–water partition coefficient (Wildman–Crippen LogP) is 5.64. The number of amides is 2. The highest BCUT2D eigenvalue weighted by molar-refractivity contribution is 6.02. The van der Waals surface area contributed by atoms with Crippen LogP contribution in [0.5, 0.6) is 0 Å². The van der Waals surface area contributed by atoms with E-state index in [2.05, 4.69) is 0 Å². The fraction of sp³-hybridized carbons (Fsp3) is 0.259. The van der Waals surface area contributed by atoms with Gasteiger partial charge in [-0.1, -0.05) is 73.7 Å². The first-order valence-corrected chi connectivity index (χ1v) is 10.7. The number of nitrogens with zero attached hydrogens (tertiary/aromatic N) is 2. The molecule has 0 bridgehead atoms. The Balaban J connectivity index is 2.05. The molecule has 2 amide bonds. The Morgan fingerprint density at radius 1 is 0.742 bits per heavy atom. The maximum atomic E-state index is 14.0. The van der Waals surface area contributed by atoms with Crippen molar-refractivity contribution >= 4 is 23.2 Å². The van der Waals surface area contributed by atoms with Gasteiger partial charge in [0.05, 0.1) is 0 Å². The van der Waals surface area contributed by atoms with E-state index in [0.29, 0.717) is 12.8 Å². The quantitative estimate of drug-likeness (QED) is 0.479. The summed E-state index contributed by atoms with van der Waals surface area (Å²) in [6, 6.07) is 29.3. The van der Waals surface area contributed by atoms with Crippen molar-refractivity contribution in [2.24, 2.45) is 5.92 Å². The number of benzene rings is 3. The summed E-state index contributed by atoms with van der Waals surface area (Å²) in [6.07, 6.45) is 0.925. The molecule has 2 atom stereocenters. The van der Waals surface area contributed by atoms with Gasteiger partial charge in [-0.15, -0.1) is 0 Å². The Bertz CT molecular complexity index is 932. The van der Waals surface area contributed by atoms with E-state index in [1.807, 2.05) is 97.9 Å². The van der Waals surface area contributed by atoms with Crippen molar-refractivity contribution in [2.75, 3.05) is 19.0 Å². The summed E-state index contributed by atoms with van der Waals surface area (Å²) < 4.78 is 0. The molecule has 0 heterocycles. The average molecular weight is 415 g/mol. The summed E-state index contributed by atoms with van der Waals surface area (Å²) in [4.78, 5) is 30.1. The van der Waals surface area contributed by atoms with E-state index in [4.69, 9.17) is 0 Å². The van der Waals surface area contributed by atoms with Crippen LogP contribution >= 0.6 is 0 Å². The summed E-state index contributed by atoms with van der Waals surface area (Å²) in [6.45, 7) is 2.02. The van der Waals surface area contributed by atoms with Gasteiger partial charge in [-0.25, -0.2) is 0 Å². The van der Waals surface area contributed by atoms with Gasteiger partial charge in [0.1, 0.15) is 0 Å². The molecule has 0 fully saturated rings. The molecule has 0 N–H and O–H groups in total. The van der Waals surface area contributed by atoms with Crippen molar-refractivity contribution in [2.45, 2.75) is 25.7 Å². The summed E-state index contributed by atoms with van der Waals surface area (Å²) in [7, 11) is 3.51. The molecule has 0 aliphatic rings. The fourth-order valence-electron chi connectivity index (χ4n) is 3.92. The van der Waals surface area contributed by atoms with Crippen LogP contribution in [0, 0.1) is 5.92 Å². The van der Waals surface area contributed by atoms with Crippen molar-refractivity contribution in [1.29, 1.82) is 0 Å². The molecule has 160 valence electrons. The molecule has 4 heteroatoms. The monoisotopic (exact) mass is 414 g/mol. The Hall–Kier alpha value is -3.40. The third kappa shape index (κ3) is 5.40. The van der Waals surface area contributed by atoms with Gasteiger partial charge in [0.2, 0.25) is 11.8 Å². The molecule has 0 spiro atoms. The second kappa shape index (κ2) is 10.6. The number of rotatable bonds is 8. The topological polar surface area (TPSA) is 40.6 Å². The number of para-hydroxylation sites is 2. The van der Waals surface area contributed by atoms with Gasteiger partial charge >= 0.3 is 0 Å². The molecule has 0 unspecified atom stereocenters. The molecule has 3 rings (SSSR count). The molecule has 3 aromatic carbocycles. The van der Waals surface area contributed by atoms with E-state index >= 15 is 0 Å². The minimum absolute atomic E-state index is 0.000286. The zero-order valence-electron chi connectivity index (χ0n) is 18.4. The Morgan fingerprint density at radius 2 is 1.19 bits per heavy atom. The third-order valence-corrected chi connectivity index (χ3v) is 5.61. The lowest BCUT2D eigenvalue weighted by molar-refractivity contribution is -0.130. The van der Waals surface area contributed by atoms with E-state index in [9.17, 15) is 9.59 Å². The number of carbonyl (C=O) groups is 2. The van der Waals surface area contributed by atoms with E-state index in [1.54, 1.807) is 23.9 Å². The van der Waals surface area contributed by atoms with Crippen molar-refractivity contribution in [3.8, 4) is 0 Å². The maximum Gasteiger partial charge on any atom is 0.235 e. The minimum atomic E-state index is -0.341. The Labute approximate surface area is 185 Å². The van der Waals surface area contributed by atoms with Gasteiger partial charge in [0.25, 0.3) is 0 Å². The third-order valence-electron chi connectivity index (χ3n) is 5.61. The summed E-state index contributed by atoms with van der Waals surface area (Å²) in [5.41, 5.74) is 2.66. The second-order valence-corrected chi connectivity index (χ2v) is 7.87. The van der Waals surface area contributed by atoms with Gasteiger partial charge in [-0.05, 0) is 36.2 Å². The van der Waals surface area contributed by atoms with Crippen LogP contribution in [0.1, 0.15) is 31.2 Å². The van der Waals surface area contributed by atoms with Crippen LogP contribution in [-0.4, -0.2) is 30.8 Å². The standard InChI is InChI=1S/C27H30N2O2/c1-4-24(25(20-26(30)28(2)3)21-14-8-5-9-15-21)27(31)29(22-16-10-6-11-17-22)23-18-12-7-13-19-23/h5-19,24-25H,4,20H2,1-3H3/t24-,25+/m0/s1. The molecule has 0 aliphatic carbocycles. The zero-order valence-corrected chi connectivity index (χ0v) is 18.4. The normalized spacial score (nSPS) is 12.6. The lowest BCUT2D eigenvalue weighted by atomic mass is 9.80. The van der Waals surface area contributed by atoms with Crippen molar-refractivity contribution < 1.29 is 9.59 Å². The van der Waals surface area contributed by atoms with Crippen molar-refractivity contribution in [3.63, 3.8) is 0 Å². The Morgan fingerprint density at radius 3 is 1.61 bits per heavy atom. The summed E-state index contributed by atoms with van der Waals surface area (Å²) in [5.74, 6) is -0.526. The maximum absolute atomic E-state index is 14.0. The highest BCUT2D eigenvalue weighted by Crippen LogP contribution is 2.36. The molecule has 0 radical (unpaired) electrons. The molecular weight excluding hydrogens is 384 g/mol. The Kier molecular flexibility index (Phi) is 7.60. The number of anilines is 2. The summed E-state index contributed by atoms with van der Waals surface area (Å²) in [5, 5.41) is 0. The van der Waals surface area contributed by atoms with Gasteiger partial charge in [0.15, 0.2) is 0 Å². The molecule has 0 saturated carbocycles. The van der Waals surface area contributed by atoms with Crippen LogP contribution < -0.4 is 4.90 Å². The minimum Gasteiger partial charge on any atom is -0.349 e. The van der Waals surface area contributed by atoms with E-state index in [-0.39, 0.29) is 23.7 Å². The van der Waals surface area contributed by atoms with Crippen LogP contribution in [0.3, 0.4) is 0 Å². The van der Waals surface area contributed by atoms with Gasteiger partial charge in [-0.2, -0.15) is 0 Å². The fourth-order valence-corrected chi connectivity index (χ4v) is 3.92. The highest BCUT2D eigenvalue weighted by Gasteiger charge is 2.34. The van der Waals surface area contributed by atoms with Crippen molar-refractivity contribution in [1.82, 2.24) is 4.90 Å². The first kappa shape index (κ1) is 22.3. The predicted molar refractivity (Wildman–Crippen MR) is 126 cm³/mol. The molecular formula is C27H30N2O2. The van der Waals surface area contributed by atoms with Gasteiger partial charge < -0.3 is 4.90 Å². The van der Waals surface area contributed by atoms with Gasteiger partial charge in [-0.3, -0.25) is 14.5 Å². The van der Waals surface area contributed by atoms with Crippen molar-refractivity contribution in [3.05, 3.63) is 96.6 Å². The number of hydrogen-bond donors (Lipinski definition) is 0. The smallest absolute Gasteiger partial charge is 0.235 e. The van der Waals surface area contributed by atoms with Crippen LogP contribution in [0.15, 0.2) is 91.0 Å². The van der Waals surface area contributed by atoms with Crippen LogP contribution in [0.4, 0.5) is 11.4 Å². The molecule has 0 saturated heterocycles. The zero-order chi connectivity index (χ0) is 22.2. The van der Waals surface area contributed by atoms with Crippen LogP contribution in [-0.2, 0) is 9.59 Å². The molecule has 31 heavy (non-hydrogen) atoms. The lowest BCUT2D eigenvalue weighted by Crippen LogP contribution is -2.37. The SMILES string of the molecule is CC[C@H](C(=O)N(c1ccccc1)c1ccccc1)[C@H](CC(=O)N(C)C)c1ccccc1. The van der Waals surface area contributed by atoms with E-state index < -0.39 is 0 Å². The first-order valence-electron chi connectivity index (χ1n) is 10.7. The summed E-state index contributed by atoms with van der Waals surface area (Å²) >= 11 is 0. The van der Waals surface area contributed by atoms with E-state index in [1.165, 1.54) is 0 Å². The largest absolute Gasteiger partial charge is 0.349 e. The van der Waals surface area contributed by atoms with E-state index in [0.717, 1.165) is 16.9 Å². The van der Waals surface area contributed by atoms with Gasteiger partial charge in [0, 0.05) is 43.7 Å². The first-order chi connectivity index (χ1) is 15.0. The van der Waals surface area contributed by atoms with Crippen LogP contribution in [0.25, 0.3) is 0 Å². The molecule has 3 aromatic rings. The molecule has 0 aliphatic heterocycles. The molecule has 0 aromatic heterocycles.